The van der Waals surface area contributed by atoms with E-state index in [1.807, 2.05) is 0 Å². The summed E-state index contributed by atoms with van der Waals surface area (Å²) in [5.41, 5.74) is 1.21. The molecule has 1 N–H and O–H groups in total. The molecule has 0 spiro atoms. The van der Waals surface area contributed by atoms with Crippen LogP contribution in [-0.2, 0) is 0 Å². The molecule has 82 valence electrons. The van der Waals surface area contributed by atoms with Gasteiger partial charge in [0.25, 0.3) is 0 Å². The third-order valence-electron chi connectivity index (χ3n) is 2.23. The molecular weight excluding hydrogens is 230 g/mol. The maximum Gasteiger partial charge on any atom is 0.317 e. The van der Waals surface area contributed by atoms with Gasteiger partial charge in [0.05, 0.1) is 9.95 Å². The molecule has 1 aromatic heterocycles. The average molecular weight is 238 g/mol. The lowest BCUT2D eigenvalue weighted by Crippen LogP contribution is -1.91. The molecule has 0 atom stereocenters. The highest BCUT2D eigenvalue weighted by molar-refractivity contribution is 6.33. The van der Waals surface area contributed by atoms with Gasteiger partial charge in [-0.25, -0.2) is 0 Å². The summed E-state index contributed by atoms with van der Waals surface area (Å²) in [4.78, 5) is 10.4. The van der Waals surface area contributed by atoms with Crippen molar-refractivity contribution in [1.82, 2.24) is 10.2 Å². The van der Waals surface area contributed by atoms with Gasteiger partial charge in [-0.1, -0.05) is 29.8 Å². The van der Waals surface area contributed by atoms with Crippen LogP contribution in [0.4, 0.5) is 5.69 Å². The lowest BCUT2D eigenvalue weighted by molar-refractivity contribution is -0.384. The largest absolute Gasteiger partial charge is 0.317 e. The fraction of sp³-hybridized carbons (Fsp3) is 0.100. The zero-order valence-corrected chi connectivity index (χ0v) is 9.15. The number of nitrogens with one attached hydrogen (secondary N) is 1. The van der Waals surface area contributed by atoms with Crippen LogP contribution < -0.4 is 0 Å². The number of nitro groups is 1. The third kappa shape index (κ3) is 1.65. The highest BCUT2D eigenvalue weighted by Gasteiger charge is 2.23. The van der Waals surface area contributed by atoms with Crippen LogP contribution in [0.1, 0.15) is 5.69 Å². The number of aromatic amines is 1. The van der Waals surface area contributed by atoms with Gasteiger partial charge >= 0.3 is 5.69 Å². The number of aromatic nitrogens is 2. The zero-order chi connectivity index (χ0) is 11.7. The van der Waals surface area contributed by atoms with E-state index >= 15 is 0 Å². The molecule has 0 unspecified atom stereocenters. The van der Waals surface area contributed by atoms with Crippen molar-refractivity contribution in [3.63, 3.8) is 0 Å². The smallest absolute Gasteiger partial charge is 0.275 e. The van der Waals surface area contributed by atoms with E-state index in [4.69, 9.17) is 11.6 Å². The quantitative estimate of drug-likeness (QED) is 0.645. The molecular formula is C10H8ClN3O2. The summed E-state index contributed by atoms with van der Waals surface area (Å²) in [5, 5.41) is 17.8. The van der Waals surface area contributed by atoms with Gasteiger partial charge in [-0.2, -0.15) is 5.10 Å². The highest BCUT2D eigenvalue weighted by Crippen LogP contribution is 2.34. The second kappa shape index (κ2) is 3.94. The van der Waals surface area contributed by atoms with Crippen LogP contribution in [0.15, 0.2) is 24.3 Å². The standard InChI is InChI=1S/C10H8ClN3O2/c1-6-10(14(15)16)9(13-12-6)7-4-2-3-5-8(7)11/h2-5H,1H3,(H,12,13). The number of aryl methyl sites for hydroxylation is 1. The van der Waals surface area contributed by atoms with Gasteiger partial charge in [-0.3, -0.25) is 15.2 Å². The average Bonchev–Trinajstić information content (AvgIpc) is 2.61. The molecule has 0 aliphatic carbocycles. The minimum absolute atomic E-state index is 0.0342. The van der Waals surface area contributed by atoms with Crippen molar-refractivity contribution in [1.29, 1.82) is 0 Å². The second-order valence-corrected chi connectivity index (χ2v) is 3.69. The van der Waals surface area contributed by atoms with Gasteiger partial charge in [-0.15, -0.1) is 0 Å². The molecule has 0 aliphatic rings. The Balaban J connectivity index is 2.66. The van der Waals surface area contributed by atoms with Gasteiger partial charge < -0.3 is 0 Å². The van der Waals surface area contributed by atoms with Gasteiger partial charge in [0.1, 0.15) is 5.69 Å². The second-order valence-electron chi connectivity index (χ2n) is 3.28. The van der Waals surface area contributed by atoms with Crippen LogP contribution in [0.3, 0.4) is 0 Å². The first-order chi connectivity index (χ1) is 7.61. The number of H-pyrrole nitrogens is 1. The first-order valence-corrected chi connectivity index (χ1v) is 4.93. The Bertz CT molecular complexity index is 551. The Kier molecular flexibility index (Phi) is 2.62. The maximum absolute atomic E-state index is 10.9. The number of hydrogen-bond acceptors (Lipinski definition) is 3. The lowest BCUT2D eigenvalue weighted by Gasteiger charge is -1.99. The summed E-state index contributed by atoms with van der Waals surface area (Å²) >= 11 is 5.97. The molecule has 16 heavy (non-hydrogen) atoms. The number of halogens is 1. The van der Waals surface area contributed by atoms with Crippen LogP contribution in [0, 0.1) is 17.0 Å². The van der Waals surface area contributed by atoms with Crippen molar-refractivity contribution in [3.8, 4) is 11.3 Å². The van der Waals surface area contributed by atoms with Gasteiger partial charge in [0.2, 0.25) is 0 Å². The summed E-state index contributed by atoms with van der Waals surface area (Å²) in [6.07, 6.45) is 0. The Morgan fingerprint density at radius 2 is 2.12 bits per heavy atom. The van der Waals surface area contributed by atoms with E-state index in [2.05, 4.69) is 10.2 Å². The fourth-order valence-corrected chi connectivity index (χ4v) is 1.71. The first kappa shape index (κ1) is 10.6. The first-order valence-electron chi connectivity index (χ1n) is 4.55. The predicted molar refractivity (Wildman–Crippen MR) is 60.4 cm³/mol. The van der Waals surface area contributed by atoms with E-state index in [0.717, 1.165) is 0 Å². The van der Waals surface area contributed by atoms with Crippen molar-refractivity contribution >= 4 is 17.3 Å². The minimum atomic E-state index is -0.461. The van der Waals surface area contributed by atoms with E-state index in [1.54, 1.807) is 31.2 Å². The van der Waals surface area contributed by atoms with Crippen LogP contribution in [0.2, 0.25) is 5.02 Å². The van der Waals surface area contributed by atoms with E-state index in [1.165, 1.54) is 0 Å². The number of benzene rings is 1. The molecule has 2 rings (SSSR count). The van der Waals surface area contributed by atoms with E-state index in [-0.39, 0.29) is 11.4 Å². The fourth-order valence-electron chi connectivity index (χ4n) is 1.49. The van der Waals surface area contributed by atoms with E-state index in [9.17, 15) is 10.1 Å². The molecule has 1 aromatic carbocycles. The zero-order valence-electron chi connectivity index (χ0n) is 8.40. The summed E-state index contributed by atoms with van der Waals surface area (Å²) in [5.74, 6) is 0. The summed E-state index contributed by atoms with van der Waals surface area (Å²) in [6.45, 7) is 1.60. The number of nitrogens with zero attached hydrogens (tertiary/aromatic N) is 2. The van der Waals surface area contributed by atoms with Gasteiger partial charge in [0, 0.05) is 5.56 Å². The predicted octanol–water partition coefficient (Wildman–Crippen LogP) is 2.95. The summed E-state index contributed by atoms with van der Waals surface area (Å²) in [7, 11) is 0. The van der Waals surface area contributed by atoms with Gasteiger partial charge in [-0.05, 0) is 13.0 Å². The van der Waals surface area contributed by atoms with E-state index in [0.29, 0.717) is 16.3 Å². The summed E-state index contributed by atoms with van der Waals surface area (Å²) < 4.78 is 0. The SMILES string of the molecule is Cc1[nH]nc(-c2ccccc2Cl)c1[N+](=O)[O-]. The third-order valence-corrected chi connectivity index (χ3v) is 2.56. The molecule has 0 saturated carbocycles. The molecule has 0 radical (unpaired) electrons. The topological polar surface area (TPSA) is 71.8 Å². The molecule has 5 nitrogen and oxygen atoms in total. The van der Waals surface area contributed by atoms with Crippen molar-refractivity contribution in [2.45, 2.75) is 6.92 Å². The minimum Gasteiger partial charge on any atom is -0.275 e. The maximum atomic E-state index is 10.9. The van der Waals surface area contributed by atoms with Crippen molar-refractivity contribution < 1.29 is 4.92 Å². The molecule has 0 fully saturated rings. The van der Waals surface area contributed by atoms with Crippen LogP contribution in [0.25, 0.3) is 11.3 Å². The van der Waals surface area contributed by atoms with Crippen LogP contribution >= 0.6 is 11.6 Å². The molecule has 0 saturated heterocycles. The Morgan fingerprint density at radius 3 is 2.75 bits per heavy atom. The van der Waals surface area contributed by atoms with Crippen LogP contribution in [0.5, 0.6) is 0 Å². The monoisotopic (exact) mass is 237 g/mol. The Labute approximate surface area is 96.2 Å². The molecule has 6 heteroatoms. The Morgan fingerprint density at radius 1 is 1.44 bits per heavy atom. The number of rotatable bonds is 2. The van der Waals surface area contributed by atoms with Crippen LogP contribution in [-0.4, -0.2) is 15.1 Å². The van der Waals surface area contributed by atoms with Crippen molar-refractivity contribution in [2.24, 2.45) is 0 Å². The lowest BCUT2D eigenvalue weighted by atomic mass is 10.1. The molecule has 0 bridgehead atoms. The molecule has 1 heterocycles. The Hall–Kier alpha value is -1.88. The van der Waals surface area contributed by atoms with Crippen molar-refractivity contribution in [2.75, 3.05) is 0 Å². The van der Waals surface area contributed by atoms with Gasteiger partial charge in [0.15, 0.2) is 5.69 Å². The summed E-state index contributed by atoms with van der Waals surface area (Å²) in [6, 6.07) is 6.89. The van der Waals surface area contributed by atoms with Crippen molar-refractivity contribution in [3.05, 3.63) is 45.1 Å². The molecule has 0 amide bonds. The molecule has 0 aliphatic heterocycles. The number of hydrogen-bond donors (Lipinski definition) is 1. The highest BCUT2D eigenvalue weighted by atomic mass is 35.5. The normalized spacial score (nSPS) is 10.4. The molecule has 2 aromatic rings. The van der Waals surface area contributed by atoms with E-state index < -0.39 is 4.92 Å².